The summed E-state index contributed by atoms with van der Waals surface area (Å²) < 4.78 is 52.0. The number of likely N-dealkylation sites (tertiary alicyclic amines) is 1. The first-order chi connectivity index (χ1) is 13.7. The van der Waals surface area contributed by atoms with Crippen LogP contribution in [0.4, 0.5) is 0 Å². The summed E-state index contributed by atoms with van der Waals surface area (Å²) in [5.41, 5.74) is 1.14. The van der Waals surface area contributed by atoms with Crippen LogP contribution in [0, 0.1) is 5.92 Å². The SMILES string of the molecule is CS(=O)(=O)c1cccc(S(=O)(=O)N[C@H]2CN(Cc3ccccc3)CC[C@H]2CO)c1. The molecule has 2 aromatic rings. The lowest BCUT2D eigenvalue weighted by molar-refractivity contribution is 0.101. The van der Waals surface area contributed by atoms with Crippen LogP contribution in [0.2, 0.25) is 0 Å². The Labute approximate surface area is 172 Å². The fraction of sp³-hybridized carbons (Fsp3) is 0.400. The summed E-state index contributed by atoms with van der Waals surface area (Å²) in [5, 5.41) is 9.72. The van der Waals surface area contributed by atoms with Crippen LogP contribution in [0.3, 0.4) is 0 Å². The molecular weight excluding hydrogens is 412 g/mol. The van der Waals surface area contributed by atoms with Crippen molar-refractivity contribution in [3.8, 4) is 0 Å². The van der Waals surface area contributed by atoms with Crippen molar-refractivity contribution >= 4 is 19.9 Å². The molecule has 1 aliphatic heterocycles. The summed E-state index contributed by atoms with van der Waals surface area (Å²) in [4.78, 5) is 2.01. The predicted octanol–water partition coefficient (Wildman–Crippen LogP) is 1.25. The zero-order chi connectivity index (χ0) is 21.1. The number of hydrogen-bond acceptors (Lipinski definition) is 6. The maximum Gasteiger partial charge on any atom is 0.240 e. The van der Waals surface area contributed by atoms with E-state index in [1.807, 2.05) is 30.3 Å². The van der Waals surface area contributed by atoms with Gasteiger partial charge in [-0.05, 0) is 36.7 Å². The Balaban J connectivity index is 1.78. The zero-order valence-electron chi connectivity index (χ0n) is 16.2. The molecule has 0 radical (unpaired) electrons. The van der Waals surface area contributed by atoms with E-state index in [1.165, 1.54) is 18.2 Å². The first-order valence-corrected chi connectivity index (χ1v) is 12.8. The second kappa shape index (κ2) is 8.93. The molecular formula is C20H26N2O5S2. The quantitative estimate of drug-likeness (QED) is 0.674. The largest absolute Gasteiger partial charge is 0.396 e. The summed E-state index contributed by atoms with van der Waals surface area (Å²) in [7, 11) is -7.45. The summed E-state index contributed by atoms with van der Waals surface area (Å²) >= 11 is 0. The second-order valence-electron chi connectivity index (χ2n) is 7.43. The maximum atomic E-state index is 12.9. The predicted molar refractivity (Wildman–Crippen MR) is 111 cm³/mol. The summed E-state index contributed by atoms with van der Waals surface area (Å²) in [6, 6.07) is 14.8. The molecule has 158 valence electrons. The lowest BCUT2D eigenvalue weighted by Gasteiger charge is -2.38. The third-order valence-electron chi connectivity index (χ3n) is 5.17. The number of aliphatic hydroxyl groups excluding tert-OH is 1. The summed E-state index contributed by atoms with van der Waals surface area (Å²) in [6.07, 6.45) is 1.70. The van der Waals surface area contributed by atoms with Crippen LogP contribution in [0.1, 0.15) is 12.0 Å². The van der Waals surface area contributed by atoms with Crippen LogP contribution >= 0.6 is 0 Å². The number of benzene rings is 2. The van der Waals surface area contributed by atoms with Gasteiger partial charge in [-0.25, -0.2) is 21.6 Å². The van der Waals surface area contributed by atoms with Gasteiger partial charge < -0.3 is 5.11 Å². The number of sulfone groups is 1. The molecule has 1 saturated heterocycles. The number of sulfonamides is 1. The lowest BCUT2D eigenvalue weighted by atomic mass is 9.93. The Kier molecular flexibility index (Phi) is 6.75. The molecule has 2 atom stereocenters. The third kappa shape index (κ3) is 5.64. The molecule has 0 unspecified atom stereocenters. The van der Waals surface area contributed by atoms with Gasteiger partial charge in [0.1, 0.15) is 0 Å². The van der Waals surface area contributed by atoms with Crippen molar-refractivity contribution in [3.63, 3.8) is 0 Å². The van der Waals surface area contributed by atoms with E-state index in [-0.39, 0.29) is 22.3 Å². The number of piperidine rings is 1. The topological polar surface area (TPSA) is 104 Å². The van der Waals surface area contributed by atoms with Crippen LogP contribution in [0.5, 0.6) is 0 Å². The maximum absolute atomic E-state index is 12.9. The van der Waals surface area contributed by atoms with Gasteiger partial charge >= 0.3 is 0 Å². The van der Waals surface area contributed by atoms with Gasteiger partial charge in [0.25, 0.3) is 0 Å². The van der Waals surface area contributed by atoms with Crippen molar-refractivity contribution in [3.05, 3.63) is 60.2 Å². The molecule has 1 aliphatic rings. The molecule has 2 aromatic carbocycles. The molecule has 0 bridgehead atoms. The molecule has 1 heterocycles. The van der Waals surface area contributed by atoms with Crippen molar-refractivity contribution in [2.24, 2.45) is 5.92 Å². The van der Waals surface area contributed by atoms with Gasteiger partial charge in [0.15, 0.2) is 9.84 Å². The average Bonchev–Trinajstić information content (AvgIpc) is 2.68. The Morgan fingerprint density at radius 3 is 2.38 bits per heavy atom. The molecule has 7 nitrogen and oxygen atoms in total. The minimum Gasteiger partial charge on any atom is -0.396 e. The van der Waals surface area contributed by atoms with E-state index in [1.54, 1.807) is 0 Å². The Morgan fingerprint density at radius 2 is 1.72 bits per heavy atom. The van der Waals surface area contributed by atoms with Crippen molar-refractivity contribution in [2.45, 2.75) is 28.8 Å². The minimum atomic E-state index is -3.93. The van der Waals surface area contributed by atoms with E-state index in [0.29, 0.717) is 19.5 Å². The highest BCUT2D eigenvalue weighted by Gasteiger charge is 2.32. The number of nitrogens with zero attached hydrogens (tertiary/aromatic N) is 1. The smallest absolute Gasteiger partial charge is 0.240 e. The Hall–Kier alpha value is -1.78. The fourth-order valence-corrected chi connectivity index (χ4v) is 5.63. The van der Waals surface area contributed by atoms with E-state index >= 15 is 0 Å². The first kappa shape index (κ1) is 21.9. The van der Waals surface area contributed by atoms with E-state index in [4.69, 9.17) is 0 Å². The van der Waals surface area contributed by atoms with Gasteiger partial charge in [-0.15, -0.1) is 0 Å². The molecule has 2 N–H and O–H groups in total. The second-order valence-corrected chi connectivity index (χ2v) is 11.2. The number of aliphatic hydroxyl groups is 1. The molecule has 3 rings (SSSR count). The van der Waals surface area contributed by atoms with Crippen LogP contribution in [-0.4, -0.2) is 58.8 Å². The van der Waals surface area contributed by atoms with Gasteiger partial charge in [-0.2, -0.15) is 0 Å². The van der Waals surface area contributed by atoms with E-state index in [2.05, 4.69) is 9.62 Å². The van der Waals surface area contributed by atoms with Crippen LogP contribution in [-0.2, 0) is 26.4 Å². The molecule has 0 aliphatic carbocycles. The third-order valence-corrected chi connectivity index (χ3v) is 7.77. The number of rotatable bonds is 7. The van der Waals surface area contributed by atoms with Crippen molar-refractivity contribution in [2.75, 3.05) is 26.0 Å². The molecule has 0 spiro atoms. The molecule has 0 saturated carbocycles. The minimum absolute atomic E-state index is 0.0477. The van der Waals surface area contributed by atoms with Gasteiger partial charge in [-0.3, -0.25) is 4.90 Å². The average molecular weight is 439 g/mol. The van der Waals surface area contributed by atoms with Crippen LogP contribution in [0.25, 0.3) is 0 Å². The number of nitrogens with one attached hydrogen (secondary N) is 1. The van der Waals surface area contributed by atoms with Crippen LogP contribution in [0.15, 0.2) is 64.4 Å². The highest BCUT2D eigenvalue weighted by molar-refractivity contribution is 7.91. The van der Waals surface area contributed by atoms with Crippen molar-refractivity contribution in [1.82, 2.24) is 9.62 Å². The lowest BCUT2D eigenvalue weighted by Crippen LogP contribution is -2.53. The molecule has 0 aromatic heterocycles. The highest BCUT2D eigenvalue weighted by atomic mass is 32.2. The van der Waals surface area contributed by atoms with E-state index < -0.39 is 25.9 Å². The van der Waals surface area contributed by atoms with Crippen molar-refractivity contribution < 1.29 is 21.9 Å². The summed E-state index contributed by atoms with van der Waals surface area (Å²) in [5.74, 6) is -0.199. The standard InChI is InChI=1S/C20H26N2O5S2/c1-28(24,25)18-8-5-9-19(12-18)29(26,27)21-20-14-22(11-10-17(20)15-23)13-16-6-3-2-4-7-16/h2-9,12,17,20-21,23H,10-11,13-15H2,1H3/t17-,20-/m0/s1. The highest BCUT2D eigenvalue weighted by Crippen LogP contribution is 2.22. The molecule has 1 fully saturated rings. The van der Waals surface area contributed by atoms with Gasteiger partial charge in [0.05, 0.1) is 9.79 Å². The zero-order valence-corrected chi connectivity index (χ0v) is 17.9. The Morgan fingerprint density at radius 1 is 1.03 bits per heavy atom. The van der Waals surface area contributed by atoms with E-state index in [9.17, 15) is 21.9 Å². The van der Waals surface area contributed by atoms with E-state index in [0.717, 1.165) is 24.4 Å². The monoisotopic (exact) mass is 438 g/mol. The van der Waals surface area contributed by atoms with Gasteiger partial charge in [-0.1, -0.05) is 36.4 Å². The van der Waals surface area contributed by atoms with Crippen molar-refractivity contribution in [1.29, 1.82) is 0 Å². The molecule has 29 heavy (non-hydrogen) atoms. The van der Waals surface area contributed by atoms with Gasteiger partial charge in [0, 0.05) is 37.9 Å². The first-order valence-electron chi connectivity index (χ1n) is 9.38. The van der Waals surface area contributed by atoms with Crippen LogP contribution < -0.4 is 4.72 Å². The Bertz CT molecular complexity index is 1040. The molecule has 9 heteroatoms. The fourth-order valence-electron chi connectivity index (χ4n) is 3.54. The summed E-state index contributed by atoms with van der Waals surface area (Å²) in [6.45, 7) is 1.81. The number of hydrogen-bond donors (Lipinski definition) is 2. The van der Waals surface area contributed by atoms with Gasteiger partial charge in [0.2, 0.25) is 10.0 Å². The normalized spacial score (nSPS) is 21.2. The molecule has 0 amide bonds.